The van der Waals surface area contributed by atoms with E-state index >= 15 is 0 Å². The highest BCUT2D eigenvalue weighted by molar-refractivity contribution is 6.02. The Morgan fingerprint density at radius 2 is 1.77 bits per heavy atom. The van der Waals surface area contributed by atoms with Crippen molar-refractivity contribution in [1.29, 1.82) is 0 Å². The minimum absolute atomic E-state index is 0.0813. The molecule has 0 aromatic heterocycles. The highest BCUT2D eigenvalue weighted by Gasteiger charge is 2.38. The van der Waals surface area contributed by atoms with E-state index in [2.05, 4.69) is 13.8 Å². The van der Waals surface area contributed by atoms with Gasteiger partial charge in [0.1, 0.15) is 0 Å². The lowest BCUT2D eigenvalue weighted by Crippen LogP contribution is -2.19. The van der Waals surface area contributed by atoms with Crippen LogP contribution in [0.1, 0.15) is 52.4 Å². The van der Waals surface area contributed by atoms with Crippen LogP contribution in [0.25, 0.3) is 0 Å². The average Bonchev–Trinajstić information content (AvgIpc) is 2.29. The Labute approximate surface area is 80.2 Å². The molecule has 13 heavy (non-hydrogen) atoms. The number of allylic oxidation sites excluding steroid dienone is 2. The summed E-state index contributed by atoms with van der Waals surface area (Å²) >= 11 is 0. The van der Waals surface area contributed by atoms with Gasteiger partial charge in [-0.1, -0.05) is 25.8 Å². The lowest BCUT2D eigenvalue weighted by atomic mass is 9.86. The van der Waals surface area contributed by atoms with Crippen LogP contribution in [0.5, 0.6) is 0 Å². The molecule has 0 saturated carbocycles. The zero-order chi connectivity index (χ0) is 9.47. The van der Waals surface area contributed by atoms with Crippen molar-refractivity contribution >= 4 is 5.78 Å². The Kier molecular flexibility index (Phi) is 2.05. The van der Waals surface area contributed by atoms with Crippen molar-refractivity contribution in [2.45, 2.75) is 52.4 Å². The SMILES string of the molecule is CC1(C)CC2=C(CCCCC2)C1=O. The van der Waals surface area contributed by atoms with Crippen LogP contribution in [0.15, 0.2) is 11.1 Å². The average molecular weight is 178 g/mol. The second-order valence-electron chi connectivity index (χ2n) is 5.03. The third kappa shape index (κ3) is 1.45. The molecule has 2 aliphatic carbocycles. The molecule has 0 heterocycles. The Bertz CT molecular complexity index is 271. The molecule has 2 aliphatic rings. The van der Waals surface area contributed by atoms with E-state index in [1.807, 2.05) is 0 Å². The van der Waals surface area contributed by atoms with Gasteiger partial charge >= 0.3 is 0 Å². The van der Waals surface area contributed by atoms with Crippen LogP contribution in [0.2, 0.25) is 0 Å². The molecule has 0 N–H and O–H groups in total. The monoisotopic (exact) mass is 178 g/mol. The molecule has 2 rings (SSSR count). The molecule has 1 heteroatoms. The number of ketones is 1. The van der Waals surface area contributed by atoms with Crippen molar-refractivity contribution in [3.63, 3.8) is 0 Å². The summed E-state index contributed by atoms with van der Waals surface area (Å²) in [7, 11) is 0. The van der Waals surface area contributed by atoms with Crippen LogP contribution in [0.4, 0.5) is 0 Å². The normalized spacial score (nSPS) is 27.4. The molecule has 0 aliphatic heterocycles. The van der Waals surface area contributed by atoms with E-state index in [0.29, 0.717) is 5.78 Å². The minimum Gasteiger partial charge on any atom is -0.294 e. The molecule has 0 amide bonds. The Hall–Kier alpha value is -0.590. The molecule has 0 bridgehead atoms. The minimum atomic E-state index is -0.0813. The summed E-state index contributed by atoms with van der Waals surface area (Å²) in [5.41, 5.74) is 2.59. The first-order valence-electron chi connectivity index (χ1n) is 5.37. The predicted molar refractivity (Wildman–Crippen MR) is 53.5 cm³/mol. The van der Waals surface area contributed by atoms with Crippen molar-refractivity contribution in [3.8, 4) is 0 Å². The van der Waals surface area contributed by atoms with Gasteiger partial charge in [-0.2, -0.15) is 0 Å². The van der Waals surface area contributed by atoms with Gasteiger partial charge in [-0.3, -0.25) is 4.79 Å². The third-order valence-electron chi connectivity index (χ3n) is 3.38. The van der Waals surface area contributed by atoms with Crippen molar-refractivity contribution in [2.24, 2.45) is 5.41 Å². The number of Topliss-reactive ketones (excluding diaryl/α,β-unsaturated/α-hetero) is 1. The smallest absolute Gasteiger partial charge is 0.164 e. The van der Waals surface area contributed by atoms with Crippen LogP contribution in [0, 0.1) is 5.41 Å². The van der Waals surface area contributed by atoms with Crippen molar-refractivity contribution in [2.75, 3.05) is 0 Å². The lowest BCUT2D eigenvalue weighted by Gasteiger charge is -2.16. The van der Waals surface area contributed by atoms with E-state index in [-0.39, 0.29) is 5.41 Å². The first-order valence-corrected chi connectivity index (χ1v) is 5.37. The van der Waals surface area contributed by atoms with E-state index in [1.54, 1.807) is 0 Å². The van der Waals surface area contributed by atoms with Crippen LogP contribution >= 0.6 is 0 Å². The van der Waals surface area contributed by atoms with Gasteiger partial charge in [-0.05, 0) is 37.7 Å². The van der Waals surface area contributed by atoms with Crippen molar-refractivity contribution in [3.05, 3.63) is 11.1 Å². The maximum Gasteiger partial charge on any atom is 0.164 e. The molecule has 0 saturated heterocycles. The maximum atomic E-state index is 12.0. The Balaban J connectivity index is 2.27. The van der Waals surface area contributed by atoms with Gasteiger partial charge in [0, 0.05) is 5.41 Å². The van der Waals surface area contributed by atoms with E-state index in [4.69, 9.17) is 0 Å². The molecule has 0 fully saturated rings. The molecule has 0 aromatic carbocycles. The summed E-state index contributed by atoms with van der Waals surface area (Å²) in [6.45, 7) is 4.17. The van der Waals surface area contributed by atoms with E-state index in [9.17, 15) is 4.79 Å². The van der Waals surface area contributed by atoms with E-state index < -0.39 is 0 Å². The summed E-state index contributed by atoms with van der Waals surface area (Å²) in [4.78, 5) is 12.0. The zero-order valence-electron chi connectivity index (χ0n) is 8.65. The number of hydrogen-bond acceptors (Lipinski definition) is 1. The fraction of sp³-hybridized carbons (Fsp3) is 0.750. The number of carbonyl (C=O) groups is 1. The summed E-state index contributed by atoms with van der Waals surface area (Å²) < 4.78 is 0. The Morgan fingerprint density at radius 1 is 1.08 bits per heavy atom. The highest BCUT2D eigenvalue weighted by atomic mass is 16.1. The standard InChI is InChI=1S/C12H18O/c1-12(2)8-9-6-4-3-5-7-10(9)11(12)13/h3-8H2,1-2H3. The zero-order valence-corrected chi connectivity index (χ0v) is 8.65. The molecular formula is C12H18O. The fourth-order valence-corrected chi connectivity index (χ4v) is 2.64. The summed E-state index contributed by atoms with van der Waals surface area (Å²) in [5.74, 6) is 0.435. The molecular weight excluding hydrogens is 160 g/mol. The first-order chi connectivity index (χ1) is 6.11. The van der Waals surface area contributed by atoms with Crippen LogP contribution in [0.3, 0.4) is 0 Å². The van der Waals surface area contributed by atoms with Gasteiger partial charge in [-0.25, -0.2) is 0 Å². The maximum absolute atomic E-state index is 12.0. The largest absolute Gasteiger partial charge is 0.294 e. The summed E-state index contributed by atoms with van der Waals surface area (Å²) in [6.07, 6.45) is 7.09. The van der Waals surface area contributed by atoms with Gasteiger partial charge in [0.25, 0.3) is 0 Å². The van der Waals surface area contributed by atoms with Crippen LogP contribution in [-0.2, 0) is 4.79 Å². The number of hydrogen-bond donors (Lipinski definition) is 0. The summed E-state index contributed by atoms with van der Waals surface area (Å²) in [5, 5.41) is 0. The topological polar surface area (TPSA) is 17.1 Å². The molecule has 0 aromatic rings. The molecule has 1 nitrogen and oxygen atoms in total. The molecule has 72 valence electrons. The second-order valence-corrected chi connectivity index (χ2v) is 5.03. The van der Waals surface area contributed by atoms with Gasteiger partial charge in [0.05, 0.1) is 0 Å². The molecule has 0 radical (unpaired) electrons. The fourth-order valence-electron chi connectivity index (χ4n) is 2.64. The van der Waals surface area contributed by atoms with Gasteiger partial charge in [0.15, 0.2) is 5.78 Å². The van der Waals surface area contributed by atoms with Gasteiger partial charge in [-0.15, -0.1) is 0 Å². The second kappa shape index (κ2) is 2.97. The summed E-state index contributed by atoms with van der Waals surface area (Å²) in [6, 6.07) is 0. The highest BCUT2D eigenvalue weighted by Crippen LogP contribution is 2.43. The van der Waals surface area contributed by atoms with Gasteiger partial charge in [0.2, 0.25) is 0 Å². The quantitative estimate of drug-likeness (QED) is 0.556. The number of rotatable bonds is 0. The number of carbonyl (C=O) groups excluding carboxylic acids is 1. The van der Waals surface area contributed by atoms with Crippen molar-refractivity contribution in [1.82, 2.24) is 0 Å². The third-order valence-corrected chi connectivity index (χ3v) is 3.38. The first kappa shape index (κ1) is 8.98. The molecule has 0 unspecified atom stereocenters. The lowest BCUT2D eigenvalue weighted by molar-refractivity contribution is -0.122. The molecule has 0 spiro atoms. The van der Waals surface area contributed by atoms with E-state index in [1.165, 1.54) is 36.8 Å². The van der Waals surface area contributed by atoms with Crippen molar-refractivity contribution < 1.29 is 4.79 Å². The van der Waals surface area contributed by atoms with E-state index in [0.717, 1.165) is 12.8 Å². The Morgan fingerprint density at radius 3 is 2.54 bits per heavy atom. The van der Waals surface area contributed by atoms with Crippen LogP contribution in [-0.4, -0.2) is 5.78 Å². The predicted octanol–water partition coefficient (Wildman–Crippen LogP) is 3.25. The molecule has 0 atom stereocenters. The van der Waals surface area contributed by atoms with Crippen LogP contribution < -0.4 is 0 Å². The van der Waals surface area contributed by atoms with Gasteiger partial charge < -0.3 is 0 Å².